The lowest BCUT2D eigenvalue weighted by Gasteiger charge is -2.16. The molecule has 1 radical (unpaired) electrons. The summed E-state index contributed by atoms with van der Waals surface area (Å²) >= 11 is 0. The topological polar surface area (TPSA) is 64.6 Å². The fourth-order valence-corrected chi connectivity index (χ4v) is 1.23. The van der Waals surface area contributed by atoms with Crippen molar-refractivity contribution >= 4 is 12.1 Å². The van der Waals surface area contributed by atoms with Crippen molar-refractivity contribution in [2.75, 3.05) is 0 Å². The summed E-state index contributed by atoms with van der Waals surface area (Å²) in [6.07, 6.45) is 6.64. The standard InChI is InChI=1S/C13H18NO4/c1-9(2)12(15)17-10(3)18-13(16)14-11-7-5-4-6-8-11/h4-5,7-10H,6H2,1-3H3,(H,14,16)/t10-/m0/s1. The Kier molecular flexibility index (Phi) is 5.42. The average molecular weight is 252 g/mol. The Bertz CT molecular complexity index is 371. The van der Waals surface area contributed by atoms with E-state index in [0.29, 0.717) is 5.70 Å². The van der Waals surface area contributed by atoms with Gasteiger partial charge in [-0.1, -0.05) is 26.0 Å². The van der Waals surface area contributed by atoms with Gasteiger partial charge in [-0.25, -0.2) is 4.79 Å². The molecular weight excluding hydrogens is 234 g/mol. The van der Waals surface area contributed by atoms with E-state index in [9.17, 15) is 9.59 Å². The molecule has 0 aromatic heterocycles. The fraction of sp³-hybridized carbons (Fsp3) is 0.462. The second-order valence-corrected chi connectivity index (χ2v) is 4.18. The van der Waals surface area contributed by atoms with Crippen molar-refractivity contribution in [1.29, 1.82) is 0 Å². The van der Waals surface area contributed by atoms with E-state index >= 15 is 0 Å². The van der Waals surface area contributed by atoms with Crippen LogP contribution in [0.4, 0.5) is 4.79 Å². The molecule has 99 valence electrons. The lowest BCUT2D eigenvalue weighted by molar-refractivity contribution is -0.168. The van der Waals surface area contributed by atoms with Crippen molar-refractivity contribution in [3.05, 3.63) is 30.3 Å². The van der Waals surface area contributed by atoms with E-state index in [2.05, 4.69) is 5.32 Å². The lowest BCUT2D eigenvalue weighted by Crippen LogP contribution is -2.30. The van der Waals surface area contributed by atoms with Crippen LogP contribution < -0.4 is 5.32 Å². The van der Waals surface area contributed by atoms with Crippen molar-refractivity contribution in [2.24, 2.45) is 5.92 Å². The predicted octanol–water partition coefficient (Wildman–Crippen LogP) is 2.31. The molecule has 5 heteroatoms. The number of esters is 1. The molecule has 0 saturated carbocycles. The van der Waals surface area contributed by atoms with Gasteiger partial charge in [-0.05, 0) is 18.9 Å². The van der Waals surface area contributed by atoms with Crippen LogP contribution in [-0.2, 0) is 14.3 Å². The third-order valence-electron chi connectivity index (χ3n) is 2.16. The number of carbonyl (C=O) groups is 2. The van der Waals surface area contributed by atoms with Gasteiger partial charge in [0.25, 0.3) is 0 Å². The number of amides is 1. The zero-order valence-electron chi connectivity index (χ0n) is 10.8. The van der Waals surface area contributed by atoms with Crippen LogP contribution in [0.15, 0.2) is 23.9 Å². The highest BCUT2D eigenvalue weighted by Crippen LogP contribution is 2.07. The Hall–Kier alpha value is -1.78. The molecule has 0 heterocycles. The first-order valence-electron chi connectivity index (χ1n) is 5.87. The quantitative estimate of drug-likeness (QED) is 0.616. The van der Waals surface area contributed by atoms with E-state index in [0.717, 1.165) is 6.42 Å². The molecule has 0 aromatic carbocycles. The molecule has 0 aromatic rings. The summed E-state index contributed by atoms with van der Waals surface area (Å²) in [5.41, 5.74) is 0.671. The van der Waals surface area contributed by atoms with Gasteiger partial charge < -0.3 is 9.47 Å². The first-order valence-corrected chi connectivity index (χ1v) is 5.87. The monoisotopic (exact) mass is 252 g/mol. The van der Waals surface area contributed by atoms with Gasteiger partial charge in [0.05, 0.1) is 5.92 Å². The molecule has 1 aliphatic carbocycles. The number of ether oxygens (including phenoxy) is 2. The Balaban J connectivity index is 2.33. The first kappa shape index (κ1) is 14.3. The Labute approximate surface area is 107 Å². The van der Waals surface area contributed by atoms with Gasteiger partial charge >= 0.3 is 12.1 Å². The molecule has 0 saturated heterocycles. The van der Waals surface area contributed by atoms with E-state index < -0.39 is 18.4 Å². The predicted molar refractivity (Wildman–Crippen MR) is 66.1 cm³/mol. The molecule has 18 heavy (non-hydrogen) atoms. The van der Waals surface area contributed by atoms with Crippen LogP contribution in [0.2, 0.25) is 0 Å². The maximum atomic E-state index is 11.5. The summed E-state index contributed by atoms with van der Waals surface area (Å²) in [5, 5.41) is 2.55. The Morgan fingerprint density at radius 3 is 2.56 bits per heavy atom. The van der Waals surface area contributed by atoms with Crippen LogP contribution in [0.5, 0.6) is 0 Å². The maximum absolute atomic E-state index is 11.5. The van der Waals surface area contributed by atoms with E-state index in [-0.39, 0.29) is 5.92 Å². The Morgan fingerprint density at radius 2 is 2.00 bits per heavy atom. The van der Waals surface area contributed by atoms with Gasteiger partial charge in [0, 0.05) is 12.6 Å². The van der Waals surface area contributed by atoms with Crippen LogP contribution in [0.1, 0.15) is 27.2 Å². The summed E-state index contributed by atoms with van der Waals surface area (Å²) < 4.78 is 9.80. The van der Waals surface area contributed by atoms with Gasteiger partial charge in [0.2, 0.25) is 6.29 Å². The third kappa shape index (κ3) is 5.03. The SMILES string of the molecule is CC(C)C(=O)O[C@H](C)OC(=O)NC1=CC[CH]C=C1. The summed E-state index contributed by atoms with van der Waals surface area (Å²) in [4.78, 5) is 22.7. The average Bonchev–Trinajstić information content (AvgIpc) is 2.29. The zero-order chi connectivity index (χ0) is 13.5. The van der Waals surface area contributed by atoms with Crippen LogP contribution >= 0.6 is 0 Å². The Morgan fingerprint density at radius 1 is 1.28 bits per heavy atom. The third-order valence-corrected chi connectivity index (χ3v) is 2.16. The van der Waals surface area contributed by atoms with Crippen molar-refractivity contribution in [2.45, 2.75) is 33.5 Å². The lowest BCUT2D eigenvalue weighted by atomic mass is 10.1. The van der Waals surface area contributed by atoms with Gasteiger partial charge in [0.1, 0.15) is 0 Å². The smallest absolute Gasteiger partial charge is 0.414 e. The molecule has 1 aliphatic rings. The first-order chi connectivity index (χ1) is 8.49. The van der Waals surface area contributed by atoms with E-state index in [1.807, 2.05) is 18.6 Å². The number of alkyl carbamates (subject to hydrolysis) is 1. The number of rotatable bonds is 4. The minimum absolute atomic E-state index is 0.251. The molecule has 0 bridgehead atoms. The molecule has 0 fully saturated rings. The van der Waals surface area contributed by atoms with E-state index in [1.165, 1.54) is 6.92 Å². The highest BCUT2D eigenvalue weighted by atomic mass is 16.7. The largest absolute Gasteiger partial charge is 0.425 e. The minimum atomic E-state index is -0.903. The van der Waals surface area contributed by atoms with Crippen molar-refractivity contribution < 1.29 is 19.1 Å². The molecule has 0 unspecified atom stereocenters. The molecule has 1 atom stereocenters. The van der Waals surface area contributed by atoms with Gasteiger partial charge in [-0.2, -0.15) is 0 Å². The second-order valence-electron chi connectivity index (χ2n) is 4.18. The molecule has 1 rings (SSSR count). The van der Waals surface area contributed by atoms with Crippen LogP contribution in [0.25, 0.3) is 0 Å². The van der Waals surface area contributed by atoms with Crippen LogP contribution in [0, 0.1) is 12.3 Å². The zero-order valence-corrected chi connectivity index (χ0v) is 10.8. The molecule has 1 N–H and O–H groups in total. The van der Waals surface area contributed by atoms with Gasteiger partial charge in [0.15, 0.2) is 0 Å². The molecule has 1 amide bonds. The number of allylic oxidation sites excluding steroid dienone is 3. The molecule has 0 spiro atoms. The fourth-order valence-electron chi connectivity index (χ4n) is 1.23. The molecular formula is C13H18NO4. The van der Waals surface area contributed by atoms with E-state index in [1.54, 1.807) is 19.9 Å². The minimum Gasteiger partial charge on any atom is -0.425 e. The number of nitrogens with one attached hydrogen (secondary N) is 1. The summed E-state index contributed by atoms with van der Waals surface area (Å²) in [5.74, 6) is -0.652. The van der Waals surface area contributed by atoms with E-state index in [4.69, 9.17) is 9.47 Å². The summed E-state index contributed by atoms with van der Waals surface area (Å²) in [6, 6.07) is 0. The maximum Gasteiger partial charge on any atom is 0.414 e. The number of hydrogen-bond acceptors (Lipinski definition) is 4. The van der Waals surface area contributed by atoms with Crippen LogP contribution in [0.3, 0.4) is 0 Å². The highest BCUT2D eigenvalue weighted by molar-refractivity contribution is 5.73. The number of carbonyl (C=O) groups excluding carboxylic acids is 2. The van der Waals surface area contributed by atoms with Gasteiger partial charge in [-0.3, -0.25) is 10.1 Å². The normalized spacial score (nSPS) is 15.9. The molecule has 5 nitrogen and oxygen atoms in total. The van der Waals surface area contributed by atoms with Crippen molar-refractivity contribution in [3.8, 4) is 0 Å². The van der Waals surface area contributed by atoms with Crippen molar-refractivity contribution in [1.82, 2.24) is 5.32 Å². The molecule has 0 aliphatic heterocycles. The highest BCUT2D eigenvalue weighted by Gasteiger charge is 2.16. The van der Waals surface area contributed by atoms with Crippen LogP contribution in [-0.4, -0.2) is 18.4 Å². The number of hydrogen-bond donors (Lipinski definition) is 1. The summed E-state index contributed by atoms with van der Waals surface area (Å²) in [7, 11) is 0. The summed E-state index contributed by atoms with van der Waals surface area (Å²) in [6.45, 7) is 4.92. The second kappa shape index (κ2) is 6.83. The van der Waals surface area contributed by atoms with Crippen molar-refractivity contribution in [3.63, 3.8) is 0 Å². The van der Waals surface area contributed by atoms with Gasteiger partial charge in [-0.15, -0.1) is 0 Å².